The molecule has 0 amide bonds. The van der Waals surface area contributed by atoms with Crippen molar-refractivity contribution in [3.8, 4) is 0 Å². The predicted octanol–water partition coefficient (Wildman–Crippen LogP) is 0.801. The lowest BCUT2D eigenvalue weighted by molar-refractivity contribution is -0.0431. The minimum absolute atomic E-state index is 0.108. The van der Waals surface area contributed by atoms with Gasteiger partial charge in [0.15, 0.2) is 5.82 Å². The van der Waals surface area contributed by atoms with Crippen molar-refractivity contribution in [3.05, 3.63) is 11.7 Å². The van der Waals surface area contributed by atoms with E-state index in [2.05, 4.69) is 22.0 Å². The van der Waals surface area contributed by atoms with Gasteiger partial charge in [0.25, 0.3) is 5.89 Å². The molecule has 0 radical (unpaired) electrons. The molecule has 1 aliphatic carbocycles. The molecule has 2 heterocycles. The summed E-state index contributed by atoms with van der Waals surface area (Å²) < 4.78 is 11.0. The number of likely N-dealkylation sites (N-methyl/N-ethyl adjacent to an activating group) is 1. The first-order valence-corrected chi connectivity index (χ1v) is 6.68. The fourth-order valence-electron chi connectivity index (χ4n) is 2.49. The van der Waals surface area contributed by atoms with Crippen LogP contribution < -0.4 is 5.73 Å². The van der Waals surface area contributed by atoms with E-state index >= 15 is 0 Å². The summed E-state index contributed by atoms with van der Waals surface area (Å²) in [5, 5.41) is 4.03. The highest BCUT2D eigenvalue weighted by molar-refractivity contribution is 5.09. The Morgan fingerprint density at radius 1 is 1.50 bits per heavy atom. The Kier molecular flexibility index (Phi) is 3.09. The second-order valence-electron chi connectivity index (χ2n) is 5.22. The molecule has 1 saturated heterocycles. The summed E-state index contributed by atoms with van der Waals surface area (Å²) in [6, 6.07) is 0. The lowest BCUT2D eigenvalue weighted by atomic mass is 9.77. The molecule has 2 aliphatic rings. The Bertz CT molecular complexity index is 416. The van der Waals surface area contributed by atoms with Crippen molar-refractivity contribution >= 4 is 0 Å². The third kappa shape index (κ3) is 2.04. The summed E-state index contributed by atoms with van der Waals surface area (Å²) in [5.41, 5.74) is 5.82. The van der Waals surface area contributed by atoms with Crippen LogP contribution in [0.15, 0.2) is 4.52 Å². The predicted molar refractivity (Wildman–Crippen MR) is 64.8 cm³/mol. The van der Waals surface area contributed by atoms with Crippen LogP contribution in [0.1, 0.15) is 44.0 Å². The first-order valence-electron chi connectivity index (χ1n) is 6.68. The summed E-state index contributed by atoms with van der Waals surface area (Å²) in [6.07, 6.45) is 2.92. The zero-order valence-electron chi connectivity index (χ0n) is 10.8. The molecule has 18 heavy (non-hydrogen) atoms. The molecular weight excluding hydrogens is 232 g/mol. The van der Waals surface area contributed by atoms with Crippen LogP contribution >= 0.6 is 0 Å². The molecule has 2 fully saturated rings. The number of nitrogens with two attached hydrogens (primary N) is 1. The van der Waals surface area contributed by atoms with Gasteiger partial charge in [-0.15, -0.1) is 0 Å². The van der Waals surface area contributed by atoms with Gasteiger partial charge in [0.05, 0.1) is 12.1 Å². The Morgan fingerprint density at radius 2 is 2.33 bits per heavy atom. The maximum atomic E-state index is 6.18. The average Bonchev–Trinajstić information content (AvgIpc) is 2.86. The molecule has 6 nitrogen and oxygen atoms in total. The van der Waals surface area contributed by atoms with E-state index in [0.717, 1.165) is 38.9 Å². The van der Waals surface area contributed by atoms with Gasteiger partial charge in [-0.25, -0.2) is 0 Å². The normalized spacial score (nSPS) is 28.0. The third-order valence-electron chi connectivity index (χ3n) is 4.01. The molecule has 1 aromatic heterocycles. The Hall–Kier alpha value is -0.980. The second kappa shape index (κ2) is 4.60. The first kappa shape index (κ1) is 12.1. The van der Waals surface area contributed by atoms with E-state index in [-0.39, 0.29) is 11.6 Å². The highest BCUT2D eigenvalue weighted by Gasteiger charge is 2.40. The fourth-order valence-corrected chi connectivity index (χ4v) is 2.49. The summed E-state index contributed by atoms with van der Waals surface area (Å²) in [4.78, 5) is 6.76. The molecule has 1 aromatic rings. The van der Waals surface area contributed by atoms with Crippen molar-refractivity contribution in [3.63, 3.8) is 0 Å². The number of morpholine rings is 1. The SMILES string of the molecule is CCN1CCOC(c2nc(C3(N)CCC3)no2)C1. The van der Waals surface area contributed by atoms with Crippen LogP contribution in [-0.2, 0) is 10.3 Å². The maximum absolute atomic E-state index is 6.18. The van der Waals surface area contributed by atoms with Crippen LogP contribution in [-0.4, -0.2) is 41.3 Å². The molecule has 6 heteroatoms. The van der Waals surface area contributed by atoms with E-state index in [1.54, 1.807) is 0 Å². The molecule has 3 rings (SSSR count). The number of aromatic nitrogens is 2. The van der Waals surface area contributed by atoms with Crippen molar-refractivity contribution in [2.45, 2.75) is 37.8 Å². The lowest BCUT2D eigenvalue weighted by Gasteiger charge is -2.34. The molecule has 1 atom stereocenters. The van der Waals surface area contributed by atoms with Gasteiger partial charge in [-0.1, -0.05) is 12.1 Å². The Labute approximate surface area is 106 Å². The van der Waals surface area contributed by atoms with Gasteiger partial charge in [-0.3, -0.25) is 4.90 Å². The van der Waals surface area contributed by atoms with E-state index in [1.165, 1.54) is 0 Å². The molecule has 0 aromatic carbocycles. The maximum Gasteiger partial charge on any atom is 0.257 e. The van der Waals surface area contributed by atoms with Gasteiger partial charge < -0.3 is 15.0 Å². The summed E-state index contributed by atoms with van der Waals surface area (Å²) in [5.74, 6) is 1.21. The smallest absolute Gasteiger partial charge is 0.257 e. The zero-order valence-corrected chi connectivity index (χ0v) is 10.8. The average molecular weight is 252 g/mol. The topological polar surface area (TPSA) is 77.4 Å². The monoisotopic (exact) mass is 252 g/mol. The van der Waals surface area contributed by atoms with Crippen LogP contribution in [0.25, 0.3) is 0 Å². The number of hydrogen-bond acceptors (Lipinski definition) is 6. The molecule has 0 spiro atoms. The van der Waals surface area contributed by atoms with E-state index in [1.807, 2.05) is 0 Å². The van der Waals surface area contributed by atoms with Gasteiger partial charge in [-0.2, -0.15) is 4.98 Å². The van der Waals surface area contributed by atoms with Crippen molar-refractivity contribution in [1.82, 2.24) is 15.0 Å². The summed E-state index contributed by atoms with van der Waals surface area (Å²) in [6.45, 7) is 5.65. The van der Waals surface area contributed by atoms with Crippen molar-refractivity contribution in [1.29, 1.82) is 0 Å². The Morgan fingerprint density at radius 3 is 3.00 bits per heavy atom. The minimum Gasteiger partial charge on any atom is -0.366 e. The lowest BCUT2D eigenvalue weighted by Crippen LogP contribution is -2.44. The van der Waals surface area contributed by atoms with Gasteiger partial charge in [-0.05, 0) is 25.8 Å². The zero-order chi connectivity index (χ0) is 12.6. The minimum atomic E-state index is -0.360. The van der Waals surface area contributed by atoms with Gasteiger partial charge in [0.1, 0.15) is 6.10 Å². The van der Waals surface area contributed by atoms with Crippen LogP contribution in [0.5, 0.6) is 0 Å². The quantitative estimate of drug-likeness (QED) is 0.857. The van der Waals surface area contributed by atoms with Crippen LogP contribution in [0.3, 0.4) is 0 Å². The highest BCUT2D eigenvalue weighted by atomic mass is 16.5. The number of hydrogen-bond donors (Lipinski definition) is 1. The number of ether oxygens (including phenoxy) is 1. The van der Waals surface area contributed by atoms with E-state index < -0.39 is 0 Å². The summed E-state index contributed by atoms with van der Waals surface area (Å²) >= 11 is 0. The second-order valence-corrected chi connectivity index (χ2v) is 5.22. The van der Waals surface area contributed by atoms with Crippen molar-refractivity contribution in [2.75, 3.05) is 26.2 Å². The van der Waals surface area contributed by atoms with Gasteiger partial charge >= 0.3 is 0 Å². The van der Waals surface area contributed by atoms with Crippen LogP contribution in [0.2, 0.25) is 0 Å². The summed E-state index contributed by atoms with van der Waals surface area (Å²) in [7, 11) is 0. The van der Waals surface area contributed by atoms with E-state index in [9.17, 15) is 0 Å². The first-order chi connectivity index (χ1) is 8.71. The molecule has 0 bridgehead atoms. The van der Waals surface area contributed by atoms with Crippen molar-refractivity contribution in [2.24, 2.45) is 5.73 Å². The highest BCUT2D eigenvalue weighted by Crippen LogP contribution is 2.37. The van der Waals surface area contributed by atoms with Gasteiger partial charge in [0.2, 0.25) is 0 Å². The molecule has 1 saturated carbocycles. The molecule has 100 valence electrons. The van der Waals surface area contributed by atoms with Crippen molar-refractivity contribution < 1.29 is 9.26 Å². The molecule has 1 unspecified atom stereocenters. The van der Waals surface area contributed by atoms with E-state index in [4.69, 9.17) is 15.0 Å². The largest absolute Gasteiger partial charge is 0.366 e. The fraction of sp³-hybridized carbons (Fsp3) is 0.833. The number of nitrogens with zero attached hydrogens (tertiary/aromatic N) is 3. The van der Waals surface area contributed by atoms with Crippen LogP contribution in [0.4, 0.5) is 0 Å². The Balaban J connectivity index is 1.72. The molecular formula is C12H20N4O2. The van der Waals surface area contributed by atoms with E-state index in [0.29, 0.717) is 18.3 Å². The molecule has 2 N–H and O–H groups in total. The number of rotatable bonds is 3. The van der Waals surface area contributed by atoms with Gasteiger partial charge in [0, 0.05) is 13.1 Å². The standard InChI is InChI=1S/C12H20N4O2/c1-2-16-6-7-17-9(8-16)10-14-11(15-18-10)12(13)4-3-5-12/h9H,2-8,13H2,1H3. The van der Waals surface area contributed by atoms with Crippen LogP contribution in [0, 0.1) is 0 Å². The molecule has 1 aliphatic heterocycles. The third-order valence-corrected chi connectivity index (χ3v) is 4.01.